The summed E-state index contributed by atoms with van der Waals surface area (Å²) in [5.74, 6) is -0.744. The van der Waals surface area contributed by atoms with Crippen molar-refractivity contribution in [1.29, 1.82) is 0 Å². The fraction of sp³-hybridized carbons (Fsp3) is 0.765. The Labute approximate surface area is 126 Å². The van der Waals surface area contributed by atoms with Gasteiger partial charge in [-0.2, -0.15) is 0 Å². The minimum atomic E-state index is -0.818. The van der Waals surface area contributed by atoms with E-state index in [-0.39, 0.29) is 29.7 Å². The summed E-state index contributed by atoms with van der Waals surface area (Å²) < 4.78 is 0. The van der Waals surface area contributed by atoms with E-state index in [1.165, 1.54) is 19.3 Å². The highest BCUT2D eigenvalue weighted by Gasteiger charge is 2.51. The molecule has 3 aliphatic rings. The van der Waals surface area contributed by atoms with Crippen molar-refractivity contribution >= 4 is 11.9 Å². The van der Waals surface area contributed by atoms with Crippen molar-refractivity contribution in [3.63, 3.8) is 0 Å². The first-order valence-electron chi connectivity index (χ1n) is 8.31. The average Bonchev–Trinajstić information content (AvgIpc) is 3.08. The number of carbonyl (C=O) groups excluding carboxylic acids is 1. The molecule has 4 atom stereocenters. The third kappa shape index (κ3) is 2.72. The standard InChI is InChI=1S/C17H25NO3/c1-2-10-3-7-13(8-4-10)18-16(19)14-11-5-6-12(9-11)15(14)17(20)21/h5-6,10-15H,2-4,7-9H2,1H3,(H,18,19)(H,20,21). The van der Waals surface area contributed by atoms with E-state index in [4.69, 9.17) is 0 Å². The zero-order chi connectivity index (χ0) is 15.0. The van der Waals surface area contributed by atoms with Gasteiger partial charge in [-0.25, -0.2) is 0 Å². The number of aliphatic carboxylic acids is 1. The molecule has 0 aromatic carbocycles. The number of hydrogen-bond donors (Lipinski definition) is 2. The molecule has 1 amide bonds. The summed E-state index contributed by atoms with van der Waals surface area (Å²) in [6.07, 6.45) is 10.5. The lowest BCUT2D eigenvalue weighted by atomic mass is 9.81. The first kappa shape index (κ1) is 14.6. The molecule has 4 nitrogen and oxygen atoms in total. The van der Waals surface area contributed by atoms with Gasteiger partial charge >= 0.3 is 5.97 Å². The Balaban J connectivity index is 1.60. The number of hydrogen-bond acceptors (Lipinski definition) is 2. The first-order chi connectivity index (χ1) is 10.1. The summed E-state index contributed by atoms with van der Waals surface area (Å²) in [5, 5.41) is 12.6. The minimum Gasteiger partial charge on any atom is -0.481 e. The maximum Gasteiger partial charge on any atom is 0.307 e. The Kier molecular flexibility index (Phi) is 4.05. The molecule has 2 N–H and O–H groups in total. The maximum atomic E-state index is 12.6. The molecule has 116 valence electrons. The Bertz CT molecular complexity index is 451. The van der Waals surface area contributed by atoms with Crippen LogP contribution in [-0.2, 0) is 9.59 Å². The predicted molar refractivity (Wildman–Crippen MR) is 79.5 cm³/mol. The van der Waals surface area contributed by atoms with Crippen molar-refractivity contribution in [1.82, 2.24) is 5.32 Å². The van der Waals surface area contributed by atoms with Gasteiger partial charge in [0.15, 0.2) is 0 Å². The number of amides is 1. The lowest BCUT2D eigenvalue weighted by Gasteiger charge is -2.31. The van der Waals surface area contributed by atoms with Gasteiger partial charge in [-0.15, -0.1) is 0 Å². The number of fused-ring (bicyclic) bond motifs is 2. The second-order valence-electron chi connectivity index (χ2n) is 6.97. The summed E-state index contributed by atoms with van der Waals surface area (Å²) in [6, 6.07) is 0.248. The Hall–Kier alpha value is -1.32. The molecule has 2 fully saturated rings. The molecule has 4 heteroatoms. The zero-order valence-corrected chi connectivity index (χ0v) is 12.6. The molecular formula is C17H25NO3. The molecule has 0 heterocycles. The van der Waals surface area contributed by atoms with Crippen molar-refractivity contribution < 1.29 is 14.7 Å². The topological polar surface area (TPSA) is 66.4 Å². The number of allylic oxidation sites excluding steroid dienone is 2. The van der Waals surface area contributed by atoms with Crippen LogP contribution in [0.4, 0.5) is 0 Å². The Morgan fingerprint density at radius 3 is 2.29 bits per heavy atom. The predicted octanol–water partition coefficient (Wildman–Crippen LogP) is 2.59. The van der Waals surface area contributed by atoms with Gasteiger partial charge in [-0.1, -0.05) is 25.5 Å². The van der Waals surface area contributed by atoms with Gasteiger partial charge in [-0.3, -0.25) is 9.59 Å². The van der Waals surface area contributed by atoms with Crippen LogP contribution in [0.3, 0.4) is 0 Å². The zero-order valence-electron chi connectivity index (χ0n) is 12.6. The van der Waals surface area contributed by atoms with Gasteiger partial charge < -0.3 is 10.4 Å². The van der Waals surface area contributed by atoms with Gasteiger partial charge in [-0.05, 0) is 49.9 Å². The third-order valence-electron chi connectivity index (χ3n) is 5.82. The van der Waals surface area contributed by atoms with Crippen LogP contribution < -0.4 is 5.32 Å². The molecule has 3 aliphatic carbocycles. The van der Waals surface area contributed by atoms with Crippen LogP contribution in [0.2, 0.25) is 0 Å². The highest BCUT2D eigenvalue weighted by molar-refractivity contribution is 5.87. The van der Waals surface area contributed by atoms with Gasteiger partial charge in [0.25, 0.3) is 0 Å². The van der Waals surface area contributed by atoms with Crippen LogP contribution in [-0.4, -0.2) is 23.0 Å². The molecule has 3 rings (SSSR count). The second kappa shape index (κ2) is 5.82. The normalized spacial score (nSPS) is 41.2. The van der Waals surface area contributed by atoms with Crippen molar-refractivity contribution in [3.8, 4) is 0 Å². The van der Waals surface area contributed by atoms with Crippen LogP contribution in [0.25, 0.3) is 0 Å². The summed E-state index contributed by atoms with van der Waals surface area (Å²) in [7, 11) is 0. The average molecular weight is 291 g/mol. The van der Waals surface area contributed by atoms with Gasteiger partial charge in [0, 0.05) is 6.04 Å². The summed E-state index contributed by atoms with van der Waals surface area (Å²) >= 11 is 0. The monoisotopic (exact) mass is 291 g/mol. The van der Waals surface area contributed by atoms with Gasteiger partial charge in [0.05, 0.1) is 11.8 Å². The van der Waals surface area contributed by atoms with Gasteiger partial charge in [0.2, 0.25) is 5.91 Å². The van der Waals surface area contributed by atoms with Gasteiger partial charge in [0.1, 0.15) is 0 Å². The lowest BCUT2D eigenvalue weighted by molar-refractivity contribution is -0.148. The smallest absolute Gasteiger partial charge is 0.307 e. The molecule has 0 spiro atoms. The van der Waals surface area contributed by atoms with E-state index in [1.807, 2.05) is 12.2 Å². The molecule has 2 saturated carbocycles. The van der Waals surface area contributed by atoms with Crippen LogP contribution in [0.5, 0.6) is 0 Å². The number of carbonyl (C=O) groups is 2. The lowest BCUT2D eigenvalue weighted by Crippen LogP contribution is -2.45. The summed E-state index contributed by atoms with van der Waals surface area (Å²) in [5.41, 5.74) is 0. The minimum absolute atomic E-state index is 0.0285. The van der Waals surface area contributed by atoms with E-state index in [2.05, 4.69) is 12.2 Å². The SMILES string of the molecule is CCC1CCC(NC(=O)C2C3C=CC(C3)C2C(=O)O)CC1. The van der Waals surface area contributed by atoms with Crippen molar-refractivity contribution in [3.05, 3.63) is 12.2 Å². The van der Waals surface area contributed by atoms with Crippen LogP contribution in [0.1, 0.15) is 45.4 Å². The highest BCUT2D eigenvalue weighted by Crippen LogP contribution is 2.48. The second-order valence-corrected chi connectivity index (χ2v) is 6.97. The van der Waals surface area contributed by atoms with E-state index >= 15 is 0 Å². The number of carboxylic acids is 1. The van der Waals surface area contributed by atoms with E-state index in [9.17, 15) is 14.7 Å². The van der Waals surface area contributed by atoms with Crippen molar-refractivity contribution in [2.24, 2.45) is 29.6 Å². The molecular weight excluding hydrogens is 266 g/mol. The number of carboxylic acid groups (broad SMARTS) is 1. The largest absolute Gasteiger partial charge is 0.481 e. The van der Waals surface area contributed by atoms with Crippen LogP contribution in [0.15, 0.2) is 12.2 Å². The quantitative estimate of drug-likeness (QED) is 0.782. The Morgan fingerprint density at radius 1 is 1.10 bits per heavy atom. The maximum absolute atomic E-state index is 12.6. The van der Waals surface area contributed by atoms with E-state index in [0.29, 0.717) is 0 Å². The van der Waals surface area contributed by atoms with E-state index < -0.39 is 11.9 Å². The molecule has 0 aliphatic heterocycles. The molecule has 4 unspecified atom stereocenters. The van der Waals surface area contributed by atoms with Crippen LogP contribution in [0, 0.1) is 29.6 Å². The Morgan fingerprint density at radius 2 is 1.71 bits per heavy atom. The molecule has 21 heavy (non-hydrogen) atoms. The summed E-state index contributed by atoms with van der Waals surface area (Å²) in [6.45, 7) is 2.22. The molecule has 0 saturated heterocycles. The van der Waals surface area contributed by atoms with Crippen molar-refractivity contribution in [2.75, 3.05) is 0 Å². The van der Waals surface area contributed by atoms with Crippen LogP contribution >= 0.6 is 0 Å². The number of rotatable bonds is 4. The van der Waals surface area contributed by atoms with E-state index in [1.54, 1.807) is 0 Å². The van der Waals surface area contributed by atoms with Crippen molar-refractivity contribution in [2.45, 2.75) is 51.5 Å². The first-order valence-corrected chi connectivity index (χ1v) is 8.31. The summed E-state index contributed by atoms with van der Waals surface area (Å²) in [4.78, 5) is 24.0. The molecule has 2 bridgehead atoms. The third-order valence-corrected chi connectivity index (χ3v) is 5.82. The molecule has 0 radical (unpaired) electrons. The number of nitrogens with one attached hydrogen (secondary N) is 1. The molecule has 0 aromatic heterocycles. The fourth-order valence-electron chi connectivity index (χ4n) is 4.53. The fourth-order valence-corrected chi connectivity index (χ4v) is 4.53. The highest BCUT2D eigenvalue weighted by atomic mass is 16.4. The van der Waals surface area contributed by atoms with E-state index in [0.717, 1.165) is 25.2 Å². The molecule has 0 aromatic rings.